The zero-order valence-corrected chi connectivity index (χ0v) is 20.6. The molecule has 1 fully saturated rings. The molecule has 3 heterocycles. The summed E-state index contributed by atoms with van der Waals surface area (Å²) in [5, 5.41) is 9.75. The van der Waals surface area contributed by atoms with Gasteiger partial charge in [0.1, 0.15) is 5.76 Å². The number of halogens is 1. The van der Waals surface area contributed by atoms with Gasteiger partial charge in [0, 0.05) is 31.1 Å². The number of pyridine rings is 1. The molecule has 0 aromatic carbocycles. The summed E-state index contributed by atoms with van der Waals surface area (Å²) in [7, 11) is 0. The van der Waals surface area contributed by atoms with Gasteiger partial charge in [-0.3, -0.25) is 14.5 Å². The van der Waals surface area contributed by atoms with Gasteiger partial charge in [0.05, 0.1) is 35.4 Å². The van der Waals surface area contributed by atoms with Crippen molar-refractivity contribution in [2.24, 2.45) is 11.8 Å². The summed E-state index contributed by atoms with van der Waals surface area (Å²) in [6.07, 6.45) is 12.3. The molecule has 5 rings (SSSR count). The van der Waals surface area contributed by atoms with Crippen LogP contribution in [0.15, 0.2) is 48.3 Å². The third-order valence-corrected chi connectivity index (χ3v) is 7.09. The van der Waals surface area contributed by atoms with E-state index in [1.807, 2.05) is 0 Å². The van der Waals surface area contributed by atoms with E-state index in [9.17, 15) is 14.7 Å². The van der Waals surface area contributed by atoms with E-state index in [0.717, 1.165) is 38.3 Å². The number of allylic oxidation sites excluding steroid dienone is 5. The highest BCUT2D eigenvalue weighted by Crippen LogP contribution is 2.31. The lowest BCUT2D eigenvalue weighted by Crippen LogP contribution is -2.42. The van der Waals surface area contributed by atoms with E-state index in [4.69, 9.17) is 21.1 Å². The first-order chi connectivity index (χ1) is 17.4. The van der Waals surface area contributed by atoms with Crippen molar-refractivity contribution in [1.29, 1.82) is 0 Å². The van der Waals surface area contributed by atoms with E-state index in [1.54, 1.807) is 18.2 Å². The van der Waals surface area contributed by atoms with Gasteiger partial charge in [-0.05, 0) is 30.6 Å². The molecule has 36 heavy (non-hydrogen) atoms. The van der Waals surface area contributed by atoms with Crippen LogP contribution in [0.4, 0.5) is 0 Å². The molecule has 3 aliphatic rings. The number of imidazole rings is 1. The van der Waals surface area contributed by atoms with Crippen molar-refractivity contribution in [2.75, 3.05) is 26.3 Å². The van der Waals surface area contributed by atoms with Gasteiger partial charge in [0.2, 0.25) is 0 Å². The Morgan fingerprint density at radius 3 is 2.81 bits per heavy atom. The molecule has 2 aromatic rings. The number of hydrogen-bond acceptors (Lipinski definition) is 7. The number of rotatable bonds is 6. The molecular weight excluding hydrogens is 484 g/mol. The van der Waals surface area contributed by atoms with Gasteiger partial charge in [-0.1, -0.05) is 42.8 Å². The van der Waals surface area contributed by atoms with Crippen LogP contribution in [0.2, 0.25) is 5.02 Å². The molecule has 2 aliphatic carbocycles. The highest BCUT2D eigenvalue weighted by atomic mass is 35.5. The first-order valence-electron chi connectivity index (χ1n) is 12.0. The number of carbonyl (C=O) groups is 2. The van der Waals surface area contributed by atoms with Crippen LogP contribution in [0.5, 0.6) is 6.01 Å². The van der Waals surface area contributed by atoms with Crippen molar-refractivity contribution < 1.29 is 24.2 Å². The maximum Gasteiger partial charge on any atom is 0.306 e. The molecule has 0 radical (unpaired) electrons. The third kappa shape index (κ3) is 5.13. The second kappa shape index (κ2) is 10.4. The van der Waals surface area contributed by atoms with Crippen LogP contribution in [0.3, 0.4) is 0 Å². The number of H-pyrrole nitrogens is 1. The summed E-state index contributed by atoms with van der Waals surface area (Å²) in [6.45, 7) is 4.91. The number of ketones is 1. The van der Waals surface area contributed by atoms with Crippen LogP contribution in [-0.4, -0.2) is 69.1 Å². The number of ether oxygens (including phenoxy) is 2. The Bertz CT molecular complexity index is 1300. The summed E-state index contributed by atoms with van der Waals surface area (Å²) in [5.41, 5.74) is 2.63. The first-order valence-corrected chi connectivity index (χ1v) is 12.4. The number of carbonyl (C=O) groups excluding carboxylic acids is 1. The van der Waals surface area contributed by atoms with Crippen LogP contribution in [0.25, 0.3) is 16.7 Å². The highest BCUT2D eigenvalue weighted by Gasteiger charge is 2.29. The monoisotopic (exact) mass is 510 g/mol. The van der Waals surface area contributed by atoms with Crippen LogP contribution >= 0.6 is 11.6 Å². The number of carboxylic acids is 1. The number of aliphatic carboxylic acids is 1. The molecule has 0 spiro atoms. The average molecular weight is 511 g/mol. The Kier molecular flexibility index (Phi) is 7.04. The van der Waals surface area contributed by atoms with Crippen molar-refractivity contribution in [3.05, 3.63) is 59.0 Å². The van der Waals surface area contributed by atoms with Gasteiger partial charge in [0.25, 0.3) is 0 Å². The zero-order valence-electron chi connectivity index (χ0n) is 19.8. The minimum absolute atomic E-state index is 0.166. The molecule has 9 nitrogen and oxygen atoms in total. The summed E-state index contributed by atoms with van der Waals surface area (Å²) in [6, 6.07) is 2.27. The second-order valence-electron chi connectivity index (χ2n) is 9.12. The first kappa shape index (κ1) is 24.4. The van der Waals surface area contributed by atoms with E-state index in [0.29, 0.717) is 34.3 Å². The van der Waals surface area contributed by atoms with Crippen molar-refractivity contribution in [3.8, 4) is 6.01 Å². The van der Waals surface area contributed by atoms with Crippen molar-refractivity contribution >= 4 is 40.1 Å². The number of aromatic amines is 1. The zero-order chi connectivity index (χ0) is 25.2. The second-order valence-corrected chi connectivity index (χ2v) is 9.53. The van der Waals surface area contributed by atoms with E-state index >= 15 is 0 Å². The molecule has 3 unspecified atom stereocenters. The molecule has 10 heteroatoms. The van der Waals surface area contributed by atoms with E-state index < -0.39 is 17.8 Å². The topological polar surface area (TPSA) is 118 Å². The molecule has 1 saturated heterocycles. The Morgan fingerprint density at radius 2 is 2.08 bits per heavy atom. The van der Waals surface area contributed by atoms with E-state index in [1.165, 1.54) is 13.0 Å². The maximum absolute atomic E-state index is 12.6. The van der Waals surface area contributed by atoms with Gasteiger partial charge in [0.15, 0.2) is 11.4 Å². The summed E-state index contributed by atoms with van der Waals surface area (Å²) < 4.78 is 11.2. The van der Waals surface area contributed by atoms with Crippen LogP contribution in [0, 0.1) is 11.8 Å². The number of morpholine rings is 1. The summed E-state index contributed by atoms with van der Waals surface area (Å²) in [4.78, 5) is 38.4. The molecule has 188 valence electrons. The smallest absolute Gasteiger partial charge is 0.306 e. The van der Waals surface area contributed by atoms with Gasteiger partial charge in [-0.2, -0.15) is 4.98 Å². The fraction of sp³-hybridized carbons (Fsp3) is 0.385. The summed E-state index contributed by atoms with van der Waals surface area (Å²) >= 11 is 6.57. The molecule has 0 saturated carbocycles. The lowest BCUT2D eigenvalue weighted by atomic mass is 9.88. The maximum atomic E-state index is 12.6. The fourth-order valence-electron chi connectivity index (χ4n) is 4.65. The van der Waals surface area contributed by atoms with Crippen molar-refractivity contribution in [1.82, 2.24) is 19.9 Å². The highest BCUT2D eigenvalue weighted by molar-refractivity contribution is 6.32. The van der Waals surface area contributed by atoms with Crippen LogP contribution < -0.4 is 4.74 Å². The lowest BCUT2D eigenvalue weighted by Gasteiger charge is -2.33. The Hall–Kier alpha value is -3.27. The van der Waals surface area contributed by atoms with Crippen LogP contribution in [-0.2, 0) is 14.3 Å². The number of hydrogen-bond donors (Lipinski definition) is 2. The molecule has 1 aliphatic heterocycles. The largest absolute Gasteiger partial charge is 0.481 e. The predicted octanol–water partition coefficient (Wildman–Crippen LogP) is 3.78. The minimum atomic E-state index is -1.00. The normalized spacial score (nSPS) is 23.8. The number of nitrogens with one attached hydrogen (secondary N) is 1. The van der Waals surface area contributed by atoms with Gasteiger partial charge >= 0.3 is 12.0 Å². The van der Waals surface area contributed by atoms with Gasteiger partial charge in [-0.25, -0.2) is 4.98 Å². The molecule has 0 bridgehead atoms. The molecule has 0 amide bonds. The summed E-state index contributed by atoms with van der Waals surface area (Å²) in [5.74, 6) is -2.46. The number of carboxylic acid groups (broad SMARTS) is 1. The molecule has 3 atom stereocenters. The number of aromatic nitrogens is 3. The standard InChI is InChI=1S/C26H27ClN4O5/c1-15(25(33)34)19-4-2-3-18(13-22(19)32)36-26-28-21-14-20(27)23(29-24(21)30-26)16-5-7-17(8-6-16)31-9-11-35-12-10-31/h2-3,5-7,13-15,17,19H,4,8-12H2,1H3,(H,33,34)(H,28,29,30). The average Bonchev–Trinajstić information content (AvgIpc) is 3.17. The Morgan fingerprint density at radius 1 is 1.28 bits per heavy atom. The van der Waals surface area contributed by atoms with E-state index in [-0.39, 0.29) is 17.6 Å². The van der Waals surface area contributed by atoms with Crippen molar-refractivity contribution in [3.63, 3.8) is 0 Å². The fourth-order valence-corrected chi connectivity index (χ4v) is 4.91. The molecule has 2 N–H and O–H groups in total. The minimum Gasteiger partial charge on any atom is -0.481 e. The number of nitrogens with zero attached hydrogens (tertiary/aromatic N) is 3. The quantitative estimate of drug-likeness (QED) is 0.602. The predicted molar refractivity (Wildman–Crippen MR) is 135 cm³/mol. The number of fused-ring (bicyclic) bond motifs is 1. The SMILES string of the molecule is CC(C(=O)O)C1CC=CC(Oc2nc3nc(C4=CCC(N5CCOCC5)C=C4)c(Cl)cc3[nH]2)=CC1=O. The lowest BCUT2D eigenvalue weighted by molar-refractivity contribution is -0.145. The van der Waals surface area contributed by atoms with Gasteiger partial charge in [-0.15, -0.1) is 0 Å². The Labute approximate surface area is 213 Å². The van der Waals surface area contributed by atoms with Gasteiger partial charge < -0.3 is 19.6 Å². The van der Waals surface area contributed by atoms with Crippen LogP contribution in [0.1, 0.15) is 25.5 Å². The molecular formula is C26H27ClN4O5. The Balaban J connectivity index is 1.32. The van der Waals surface area contributed by atoms with E-state index in [2.05, 4.69) is 38.1 Å². The van der Waals surface area contributed by atoms with Crippen molar-refractivity contribution in [2.45, 2.75) is 25.8 Å². The molecule has 2 aromatic heterocycles. The third-order valence-electron chi connectivity index (χ3n) is 6.80.